The minimum atomic E-state index is -0.304. The summed E-state index contributed by atoms with van der Waals surface area (Å²) < 4.78 is 4.80. The molecule has 0 aromatic rings. The molecule has 0 saturated carbocycles. The van der Waals surface area contributed by atoms with Gasteiger partial charge in [-0.3, -0.25) is 0 Å². The van der Waals surface area contributed by atoms with Crippen LogP contribution in [0.3, 0.4) is 0 Å². The van der Waals surface area contributed by atoms with E-state index >= 15 is 0 Å². The van der Waals surface area contributed by atoms with Crippen molar-refractivity contribution in [3.8, 4) is 0 Å². The maximum atomic E-state index is 11.1. The zero-order chi connectivity index (χ0) is 9.68. The maximum Gasteiger partial charge on any atom is 0.407 e. The highest BCUT2D eigenvalue weighted by Gasteiger charge is 2.22. The molecule has 0 radical (unpaired) electrons. The van der Waals surface area contributed by atoms with Crippen LogP contribution in [-0.4, -0.2) is 31.8 Å². The van der Waals surface area contributed by atoms with Crippen molar-refractivity contribution in [3.63, 3.8) is 0 Å². The summed E-state index contributed by atoms with van der Waals surface area (Å²) in [4.78, 5) is 11.1. The lowest BCUT2D eigenvalue weighted by Gasteiger charge is -2.19. The predicted molar refractivity (Wildman–Crippen MR) is 50.6 cm³/mol. The second kappa shape index (κ2) is 5.07. The fraction of sp³-hybridized carbons (Fsp3) is 0.889. The Morgan fingerprint density at radius 1 is 1.77 bits per heavy atom. The summed E-state index contributed by atoms with van der Waals surface area (Å²) in [5.41, 5.74) is 0. The van der Waals surface area contributed by atoms with Crippen molar-refractivity contribution in [2.24, 2.45) is 5.92 Å². The number of carbonyl (C=O) groups is 1. The molecule has 1 rings (SSSR count). The predicted octanol–water partition coefficient (Wildman–Crippen LogP) is 0.730. The van der Waals surface area contributed by atoms with Crippen LogP contribution in [0, 0.1) is 5.92 Å². The van der Waals surface area contributed by atoms with E-state index in [1.54, 1.807) is 6.92 Å². The van der Waals surface area contributed by atoms with E-state index in [2.05, 4.69) is 10.6 Å². The van der Waals surface area contributed by atoms with Crippen molar-refractivity contribution >= 4 is 6.09 Å². The second-order valence-corrected chi connectivity index (χ2v) is 3.41. The molecule has 1 fully saturated rings. The van der Waals surface area contributed by atoms with Crippen molar-refractivity contribution in [1.29, 1.82) is 0 Å². The van der Waals surface area contributed by atoms with Gasteiger partial charge in [-0.05, 0) is 39.3 Å². The Morgan fingerprint density at radius 2 is 2.54 bits per heavy atom. The first kappa shape index (κ1) is 10.3. The van der Waals surface area contributed by atoms with E-state index in [-0.39, 0.29) is 12.1 Å². The molecule has 2 atom stereocenters. The molecule has 13 heavy (non-hydrogen) atoms. The molecule has 1 aliphatic heterocycles. The Balaban J connectivity index is 2.22. The molecular weight excluding hydrogens is 168 g/mol. The van der Waals surface area contributed by atoms with E-state index in [0.29, 0.717) is 12.5 Å². The highest BCUT2D eigenvalue weighted by molar-refractivity contribution is 5.67. The molecule has 1 amide bonds. The first-order chi connectivity index (χ1) is 6.24. The fourth-order valence-corrected chi connectivity index (χ4v) is 1.58. The largest absolute Gasteiger partial charge is 0.450 e. The molecule has 0 aromatic heterocycles. The van der Waals surface area contributed by atoms with E-state index < -0.39 is 0 Å². The Kier molecular flexibility index (Phi) is 4.02. The molecule has 4 nitrogen and oxygen atoms in total. The van der Waals surface area contributed by atoms with Crippen LogP contribution in [0.5, 0.6) is 0 Å². The highest BCUT2D eigenvalue weighted by atomic mass is 16.5. The first-order valence-corrected chi connectivity index (χ1v) is 4.88. The standard InChI is InChI=1S/C9H18N2O2/c1-3-13-9(12)11-7(2)8-4-5-10-6-8/h7-8,10H,3-6H2,1-2H3,(H,11,12). The van der Waals surface area contributed by atoms with Crippen LogP contribution in [0.15, 0.2) is 0 Å². The van der Waals surface area contributed by atoms with Crippen LogP contribution in [0.4, 0.5) is 4.79 Å². The number of alkyl carbamates (subject to hydrolysis) is 1. The molecule has 1 saturated heterocycles. The summed E-state index contributed by atoms with van der Waals surface area (Å²) in [6.45, 7) is 6.31. The van der Waals surface area contributed by atoms with Crippen molar-refractivity contribution in [3.05, 3.63) is 0 Å². The Labute approximate surface area is 79.0 Å². The molecule has 0 spiro atoms. The van der Waals surface area contributed by atoms with Gasteiger partial charge in [0.05, 0.1) is 6.61 Å². The van der Waals surface area contributed by atoms with Gasteiger partial charge in [-0.1, -0.05) is 0 Å². The van der Waals surface area contributed by atoms with Crippen LogP contribution >= 0.6 is 0 Å². The van der Waals surface area contributed by atoms with E-state index in [9.17, 15) is 4.79 Å². The second-order valence-electron chi connectivity index (χ2n) is 3.41. The van der Waals surface area contributed by atoms with Gasteiger partial charge in [0.15, 0.2) is 0 Å². The summed E-state index contributed by atoms with van der Waals surface area (Å²) in [6, 6.07) is 0.203. The van der Waals surface area contributed by atoms with E-state index in [1.807, 2.05) is 6.92 Å². The van der Waals surface area contributed by atoms with E-state index in [4.69, 9.17) is 4.74 Å². The third-order valence-corrected chi connectivity index (χ3v) is 2.43. The molecule has 1 heterocycles. The average Bonchev–Trinajstić information content (AvgIpc) is 2.55. The van der Waals surface area contributed by atoms with E-state index in [1.165, 1.54) is 0 Å². The molecule has 76 valence electrons. The molecular formula is C9H18N2O2. The number of nitrogens with one attached hydrogen (secondary N) is 2. The van der Waals surface area contributed by atoms with Gasteiger partial charge in [0.2, 0.25) is 0 Å². The van der Waals surface area contributed by atoms with Crippen LogP contribution in [-0.2, 0) is 4.74 Å². The monoisotopic (exact) mass is 186 g/mol. The van der Waals surface area contributed by atoms with Gasteiger partial charge in [-0.25, -0.2) is 4.79 Å². The SMILES string of the molecule is CCOC(=O)NC(C)C1CCNC1. The highest BCUT2D eigenvalue weighted by Crippen LogP contribution is 2.12. The lowest BCUT2D eigenvalue weighted by molar-refractivity contribution is 0.145. The quantitative estimate of drug-likeness (QED) is 0.683. The van der Waals surface area contributed by atoms with Gasteiger partial charge in [0.1, 0.15) is 0 Å². The van der Waals surface area contributed by atoms with Crippen molar-refractivity contribution in [1.82, 2.24) is 10.6 Å². The molecule has 0 aliphatic carbocycles. The zero-order valence-corrected chi connectivity index (χ0v) is 8.30. The van der Waals surface area contributed by atoms with Gasteiger partial charge >= 0.3 is 6.09 Å². The average molecular weight is 186 g/mol. The van der Waals surface area contributed by atoms with Crippen molar-refractivity contribution in [2.45, 2.75) is 26.3 Å². The van der Waals surface area contributed by atoms with Crippen LogP contribution in [0.1, 0.15) is 20.3 Å². The number of ether oxygens (including phenoxy) is 1. The van der Waals surface area contributed by atoms with Gasteiger partial charge in [-0.2, -0.15) is 0 Å². The minimum absolute atomic E-state index is 0.203. The topological polar surface area (TPSA) is 50.4 Å². The molecule has 4 heteroatoms. The third kappa shape index (κ3) is 3.22. The summed E-state index contributed by atoms with van der Waals surface area (Å²) in [7, 11) is 0. The fourth-order valence-electron chi connectivity index (χ4n) is 1.58. The smallest absolute Gasteiger partial charge is 0.407 e. The summed E-state index contributed by atoms with van der Waals surface area (Å²) >= 11 is 0. The molecule has 1 aliphatic rings. The van der Waals surface area contributed by atoms with E-state index in [0.717, 1.165) is 19.5 Å². The number of carbonyl (C=O) groups excluding carboxylic acids is 1. The molecule has 2 unspecified atom stereocenters. The number of amides is 1. The van der Waals surface area contributed by atoms with Crippen LogP contribution < -0.4 is 10.6 Å². The lowest BCUT2D eigenvalue weighted by atomic mass is 10.0. The Morgan fingerprint density at radius 3 is 3.08 bits per heavy atom. The van der Waals surface area contributed by atoms with Crippen LogP contribution in [0.25, 0.3) is 0 Å². The molecule has 0 bridgehead atoms. The lowest BCUT2D eigenvalue weighted by Crippen LogP contribution is -2.39. The first-order valence-electron chi connectivity index (χ1n) is 4.88. The summed E-state index contributed by atoms with van der Waals surface area (Å²) in [5.74, 6) is 0.546. The molecule has 0 aromatic carbocycles. The van der Waals surface area contributed by atoms with Crippen molar-refractivity contribution < 1.29 is 9.53 Å². The minimum Gasteiger partial charge on any atom is -0.450 e. The summed E-state index contributed by atoms with van der Waals surface area (Å²) in [5, 5.41) is 6.09. The Hall–Kier alpha value is -0.770. The molecule has 2 N–H and O–H groups in total. The van der Waals surface area contributed by atoms with Crippen LogP contribution in [0.2, 0.25) is 0 Å². The zero-order valence-electron chi connectivity index (χ0n) is 8.30. The van der Waals surface area contributed by atoms with Gasteiger partial charge < -0.3 is 15.4 Å². The van der Waals surface area contributed by atoms with Gasteiger partial charge in [0, 0.05) is 6.04 Å². The summed E-state index contributed by atoms with van der Waals surface area (Å²) in [6.07, 6.45) is 0.829. The number of rotatable bonds is 3. The van der Waals surface area contributed by atoms with Crippen molar-refractivity contribution in [2.75, 3.05) is 19.7 Å². The normalized spacial score (nSPS) is 24.0. The van der Waals surface area contributed by atoms with Gasteiger partial charge in [-0.15, -0.1) is 0 Å². The number of hydrogen-bond donors (Lipinski definition) is 2. The Bertz CT molecular complexity index is 167. The van der Waals surface area contributed by atoms with Gasteiger partial charge in [0.25, 0.3) is 0 Å². The number of hydrogen-bond acceptors (Lipinski definition) is 3. The third-order valence-electron chi connectivity index (χ3n) is 2.43. The maximum absolute atomic E-state index is 11.1.